The molecule has 27 heavy (non-hydrogen) atoms. The third-order valence-corrected chi connectivity index (χ3v) is 3.61. The summed E-state index contributed by atoms with van der Waals surface area (Å²) in [5, 5.41) is 22.4. The van der Waals surface area contributed by atoms with Crippen molar-refractivity contribution in [2.24, 2.45) is 0 Å². The van der Waals surface area contributed by atoms with Crippen molar-refractivity contribution in [3.8, 4) is 17.1 Å². The maximum absolute atomic E-state index is 11.2. The van der Waals surface area contributed by atoms with Gasteiger partial charge in [0.1, 0.15) is 23.8 Å². The van der Waals surface area contributed by atoms with Crippen molar-refractivity contribution in [3.05, 3.63) is 78.0 Å². The Bertz CT molecular complexity index is 990. The number of ether oxygens (including phenoxy) is 1. The molecule has 0 atom stereocenters. The minimum absolute atomic E-state index is 0.137. The summed E-state index contributed by atoms with van der Waals surface area (Å²) in [6, 6.07) is 17.6. The van der Waals surface area contributed by atoms with Gasteiger partial charge in [0.15, 0.2) is 5.76 Å². The molecule has 7 heteroatoms. The number of carboxylic acid groups (broad SMARTS) is 1. The maximum Gasteiger partial charge on any atom is 0.376 e. The molecule has 0 radical (unpaired) electrons. The van der Waals surface area contributed by atoms with E-state index in [0.29, 0.717) is 23.3 Å². The van der Waals surface area contributed by atoms with Crippen molar-refractivity contribution in [2.45, 2.75) is 6.61 Å². The molecule has 0 spiro atoms. The lowest BCUT2D eigenvalue weighted by atomic mass is 10.1. The molecule has 0 saturated carbocycles. The molecule has 0 fully saturated rings. The number of hydrogen-bond acceptors (Lipinski definition) is 6. The van der Waals surface area contributed by atoms with E-state index in [1.54, 1.807) is 18.2 Å². The predicted octanol–water partition coefficient (Wildman–Crippen LogP) is 3.47. The SMILES string of the molecule is O=C(O)C(=O)/C=C(\O)c1cccc(OCc2cc(-c3ccccc3)on2)c1. The highest BCUT2D eigenvalue weighted by Gasteiger charge is 2.11. The minimum atomic E-state index is -1.64. The summed E-state index contributed by atoms with van der Waals surface area (Å²) >= 11 is 0. The molecule has 0 aliphatic carbocycles. The number of ketones is 1. The number of nitrogens with zero attached hydrogens (tertiary/aromatic N) is 1. The largest absolute Gasteiger partial charge is 0.507 e. The smallest absolute Gasteiger partial charge is 0.376 e. The zero-order chi connectivity index (χ0) is 19.2. The topological polar surface area (TPSA) is 110 Å². The number of aliphatic carboxylic acids is 1. The molecule has 2 N–H and O–H groups in total. The highest BCUT2D eigenvalue weighted by atomic mass is 16.5. The summed E-state index contributed by atoms with van der Waals surface area (Å²) in [7, 11) is 0. The summed E-state index contributed by atoms with van der Waals surface area (Å²) in [5.41, 5.74) is 1.74. The third-order valence-electron chi connectivity index (χ3n) is 3.61. The monoisotopic (exact) mass is 365 g/mol. The molecule has 0 aliphatic heterocycles. The Morgan fingerprint density at radius 1 is 1.04 bits per heavy atom. The Morgan fingerprint density at radius 2 is 1.81 bits per heavy atom. The zero-order valence-corrected chi connectivity index (χ0v) is 14.0. The van der Waals surface area contributed by atoms with Crippen LogP contribution in [-0.2, 0) is 16.2 Å². The van der Waals surface area contributed by atoms with Gasteiger partial charge in [0, 0.05) is 23.3 Å². The molecule has 0 amide bonds. The molecule has 0 bridgehead atoms. The fourth-order valence-electron chi connectivity index (χ4n) is 2.29. The Morgan fingerprint density at radius 3 is 2.56 bits per heavy atom. The number of hydrogen-bond donors (Lipinski definition) is 2. The lowest BCUT2D eigenvalue weighted by molar-refractivity contribution is -0.146. The summed E-state index contributed by atoms with van der Waals surface area (Å²) in [6.45, 7) is 0.137. The lowest BCUT2D eigenvalue weighted by Gasteiger charge is -2.06. The molecule has 0 unspecified atom stereocenters. The van der Waals surface area contributed by atoms with Crippen molar-refractivity contribution in [2.75, 3.05) is 0 Å². The van der Waals surface area contributed by atoms with Crippen LogP contribution < -0.4 is 4.74 Å². The van der Waals surface area contributed by atoms with Gasteiger partial charge < -0.3 is 19.5 Å². The van der Waals surface area contributed by atoms with Crippen LogP contribution in [0, 0.1) is 0 Å². The quantitative estimate of drug-likeness (QED) is 0.375. The van der Waals surface area contributed by atoms with Crippen LogP contribution in [0.2, 0.25) is 0 Å². The van der Waals surface area contributed by atoms with E-state index in [4.69, 9.17) is 14.4 Å². The van der Waals surface area contributed by atoms with Gasteiger partial charge in [-0.3, -0.25) is 4.79 Å². The molecule has 1 aromatic heterocycles. The van der Waals surface area contributed by atoms with E-state index < -0.39 is 17.5 Å². The van der Waals surface area contributed by atoms with E-state index in [0.717, 1.165) is 5.56 Å². The summed E-state index contributed by atoms with van der Waals surface area (Å²) < 4.78 is 10.9. The molecule has 136 valence electrons. The van der Waals surface area contributed by atoms with Gasteiger partial charge in [-0.15, -0.1) is 0 Å². The number of rotatable bonds is 7. The van der Waals surface area contributed by atoms with E-state index in [1.807, 2.05) is 30.3 Å². The highest BCUT2D eigenvalue weighted by molar-refractivity contribution is 6.38. The van der Waals surface area contributed by atoms with Crippen LogP contribution in [-0.4, -0.2) is 27.1 Å². The zero-order valence-electron chi connectivity index (χ0n) is 14.0. The Labute approximate surface area is 154 Å². The van der Waals surface area contributed by atoms with Crippen LogP contribution in [0.5, 0.6) is 5.75 Å². The van der Waals surface area contributed by atoms with Crippen molar-refractivity contribution < 1.29 is 29.1 Å². The summed E-state index contributed by atoms with van der Waals surface area (Å²) in [4.78, 5) is 21.7. The van der Waals surface area contributed by atoms with Gasteiger partial charge in [-0.2, -0.15) is 0 Å². The predicted molar refractivity (Wildman–Crippen MR) is 96.0 cm³/mol. The summed E-state index contributed by atoms with van der Waals surface area (Å²) in [6.07, 6.45) is 0.644. The van der Waals surface area contributed by atoms with Gasteiger partial charge in [-0.25, -0.2) is 4.79 Å². The van der Waals surface area contributed by atoms with Crippen molar-refractivity contribution in [1.29, 1.82) is 0 Å². The van der Waals surface area contributed by atoms with Crippen molar-refractivity contribution >= 4 is 17.5 Å². The van der Waals surface area contributed by atoms with Crippen LogP contribution in [0.15, 0.2) is 71.3 Å². The first kappa shape index (κ1) is 17.9. The second-order valence-electron chi connectivity index (χ2n) is 5.56. The third kappa shape index (κ3) is 4.60. The first-order valence-corrected chi connectivity index (χ1v) is 7.95. The van der Waals surface area contributed by atoms with Gasteiger partial charge in [0.25, 0.3) is 5.78 Å². The molecule has 2 aromatic carbocycles. The molecule has 3 rings (SSSR count). The molecule has 7 nitrogen and oxygen atoms in total. The van der Waals surface area contributed by atoms with E-state index in [-0.39, 0.29) is 12.2 Å². The first-order valence-electron chi connectivity index (χ1n) is 7.95. The fourth-order valence-corrected chi connectivity index (χ4v) is 2.29. The van der Waals surface area contributed by atoms with E-state index in [2.05, 4.69) is 5.16 Å². The molecule has 0 aliphatic rings. The van der Waals surface area contributed by atoms with E-state index in [1.165, 1.54) is 12.1 Å². The molecule has 1 heterocycles. The van der Waals surface area contributed by atoms with Crippen LogP contribution in [0.4, 0.5) is 0 Å². The number of aliphatic hydroxyl groups is 1. The number of carbonyl (C=O) groups is 2. The van der Waals surface area contributed by atoms with Crippen molar-refractivity contribution in [3.63, 3.8) is 0 Å². The van der Waals surface area contributed by atoms with Crippen LogP contribution in [0.3, 0.4) is 0 Å². The van der Waals surface area contributed by atoms with Gasteiger partial charge in [0.05, 0.1) is 0 Å². The Hall–Kier alpha value is -3.87. The second-order valence-corrected chi connectivity index (χ2v) is 5.56. The van der Waals surface area contributed by atoms with Gasteiger partial charge >= 0.3 is 5.97 Å². The number of carbonyl (C=O) groups excluding carboxylic acids is 1. The van der Waals surface area contributed by atoms with E-state index >= 15 is 0 Å². The highest BCUT2D eigenvalue weighted by Crippen LogP contribution is 2.22. The minimum Gasteiger partial charge on any atom is -0.507 e. The second kappa shape index (κ2) is 8.01. The summed E-state index contributed by atoms with van der Waals surface area (Å²) in [5.74, 6) is -2.28. The Kier molecular flexibility index (Phi) is 5.32. The molecule has 3 aromatic rings. The van der Waals surface area contributed by atoms with Crippen LogP contribution in [0.1, 0.15) is 11.3 Å². The van der Waals surface area contributed by atoms with Crippen LogP contribution >= 0.6 is 0 Å². The number of benzene rings is 2. The standard InChI is InChI=1S/C20H15NO6/c22-17(11-18(23)20(24)25)14-7-4-8-16(9-14)26-12-15-10-19(27-21-15)13-5-2-1-3-6-13/h1-11,22H,12H2,(H,24,25)/b17-11-. The average Bonchev–Trinajstić information content (AvgIpc) is 3.16. The Balaban J connectivity index is 1.68. The van der Waals surface area contributed by atoms with Gasteiger partial charge in [0.2, 0.25) is 0 Å². The lowest BCUT2D eigenvalue weighted by Crippen LogP contribution is -2.09. The normalized spacial score (nSPS) is 11.2. The molecular weight excluding hydrogens is 350 g/mol. The first-order chi connectivity index (χ1) is 13.0. The van der Waals surface area contributed by atoms with Crippen molar-refractivity contribution in [1.82, 2.24) is 5.16 Å². The maximum atomic E-state index is 11.2. The fraction of sp³-hybridized carbons (Fsp3) is 0.0500. The number of aromatic nitrogens is 1. The van der Waals surface area contributed by atoms with E-state index in [9.17, 15) is 14.7 Å². The van der Waals surface area contributed by atoms with Gasteiger partial charge in [-0.05, 0) is 12.1 Å². The number of aliphatic hydroxyl groups excluding tert-OH is 1. The molecular formula is C20H15NO6. The van der Waals surface area contributed by atoms with Crippen LogP contribution in [0.25, 0.3) is 17.1 Å². The van der Waals surface area contributed by atoms with Gasteiger partial charge in [-0.1, -0.05) is 47.6 Å². The average molecular weight is 365 g/mol. The molecule has 0 saturated heterocycles. The number of carboxylic acids is 1.